The Hall–Kier alpha value is -1.24. The van der Waals surface area contributed by atoms with Crippen LogP contribution in [0.4, 0.5) is 11.9 Å². The molecule has 0 aromatic carbocycles. The molecule has 0 radical (unpaired) electrons. The number of nitrogens with one attached hydrogen (secondary N) is 1. The van der Waals surface area contributed by atoms with Crippen LogP contribution in [0.1, 0.15) is 26.2 Å². The van der Waals surface area contributed by atoms with Gasteiger partial charge in [-0.2, -0.15) is 26.7 Å². The second-order valence-corrected chi connectivity index (χ2v) is 5.40. The molecular formula is C11H19N5OS. The van der Waals surface area contributed by atoms with Gasteiger partial charge >= 0.3 is 6.01 Å². The van der Waals surface area contributed by atoms with Crippen molar-refractivity contribution >= 4 is 23.7 Å². The number of aromatic nitrogens is 3. The van der Waals surface area contributed by atoms with Gasteiger partial charge in [0, 0.05) is 6.04 Å². The summed E-state index contributed by atoms with van der Waals surface area (Å²) >= 11 is 1.98. The number of nitrogen functional groups attached to an aromatic ring is 1. The third-order valence-electron chi connectivity index (χ3n) is 2.62. The first-order valence-electron chi connectivity index (χ1n) is 6.26. The van der Waals surface area contributed by atoms with E-state index >= 15 is 0 Å². The lowest BCUT2D eigenvalue weighted by molar-refractivity contribution is 0.292. The lowest BCUT2D eigenvalue weighted by Crippen LogP contribution is -2.26. The summed E-state index contributed by atoms with van der Waals surface area (Å²) in [5.74, 6) is 3.07. The van der Waals surface area contributed by atoms with Crippen LogP contribution in [-0.2, 0) is 0 Å². The van der Waals surface area contributed by atoms with Gasteiger partial charge in [-0.15, -0.1) is 0 Å². The van der Waals surface area contributed by atoms with E-state index in [9.17, 15) is 0 Å². The van der Waals surface area contributed by atoms with Crippen molar-refractivity contribution in [1.82, 2.24) is 15.0 Å². The van der Waals surface area contributed by atoms with Gasteiger partial charge in [0.05, 0.1) is 6.61 Å². The molecule has 1 aromatic heterocycles. The van der Waals surface area contributed by atoms with E-state index in [4.69, 9.17) is 10.5 Å². The van der Waals surface area contributed by atoms with Crippen LogP contribution in [0.3, 0.4) is 0 Å². The lowest BCUT2D eigenvalue weighted by Gasteiger charge is -2.22. The number of nitrogens with zero attached hydrogens (tertiary/aromatic N) is 3. The van der Waals surface area contributed by atoms with Gasteiger partial charge in [0.15, 0.2) is 0 Å². The summed E-state index contributed by atoms with van der Waals surface area (Å²) in [6.45, 7) is 2.62. The van der Waals surface area contributed by atoms with E-state index in [-0.39, 0.29) is 5.95 Å². The molecule has 0 saturated carbocycles. The zero-order valence-electron chi connectivity index (χ0n) is 10.6. The zero-order chi connectivity index (χ0) is 12.8. The van der Waals surface area contributed by atoms with Crippen molar-refractivity contribution in [3.8, 4) is 6.01 Å². The third-order valence-corrected chi connectivity index (χ3v) is 3.67. The Morgan fingerprint density at radius 2 is 2.11 bits per heavy atom. The quantitative estimate of drug-likeness (QED) is 0.838. The fourth-order valence-electron chi connectivity index (χ4n) is 1.72. The van der Waals surface area contributed by atoms with Gasteiger partial charge in [-0.05, 0) is 30.8 Å². The first-order valence-corrected chi connectivity index (χ1v) is 7.42. The Morgan fingerprint density at radius 3 is 2.83 bits per heavy atom. The van der Waals surface area contributed by atoms with Crippen molar-refractivity contribution in [2.45, 2.75) is 32.2 Å². The highest BCUT2D eigenvalue weighted by Gasteiger charge is 2.15. The fourth-order valence-corrected chi connectivity index (χ4v) is 2.83. The Balaban J connectivity index is 1.99. The minimum Gasteiger partial charge on any atom is -0.463 e. The molecule has 100 valence electrons. The molecule has 0 bridgehead atoms. The van der Waals surface area contributed by atoms with Crippen molar-refractivity contribution in [2.24, 2.45) is 0 Å². The van der Waals surface area contributed by atoms with Gasteiger partial charge in [0.2, 0.25) is 11.9 Å². The van der Waals surface area contributed by atoms with E-state index < -0.39 is 0 Å². The fraction of sp³-hybridized carbons (Fsp3) is 0.727. The molecule has 6 nitrogen and oxygen atoms in total. The van der Waals surface area contributed by atoms with Gasteiger partial charge < -0.3 is 15.8 Å². The molecule has 0 amide bonds. The van der Waals surface area contributed by atoms with Gasteiger partial charge in [0.1, 0.15) is 0 Å². The average molecular weight is 269 g/mol. The van der Waals surface area contributed by atoms with Crippen molar-refractivity contribution in [3.63, 3.8) is 0 Å². The Morgan fingerprint density at radius 1 is 1.33 bits per heavy atom. The second kappa shape index (κ2) is 6.63. The summed E-state index contributed by atoms with van der Waals surface area (Å²) in [5.41, 5.74) is 5.65. The minimum atomic E-state index is 0.198. The monoisotopic (exact) mass is 269 g/mol. The van der Waals surface area contributed by atoms with Crippen molar-refractivity contribution in [1.29, 1.82) is 0 Å². The van der Waals surface area contributed by atoms with Crippen LogP contribution in [0, 0.1) is 0 Å². The highest BCUT2D eigenvalue weighted by Crippen LogP contribution is 2.20. The van der Waals surface area contributed by atoms with Crippen LogP contribution < -0.4 is 15.8 Å². The molecule has 7 heteroatoms. The first-order chi connectivity index (χ1) is 8.78. The van der Waals surface area contributed by atoms with E-state index in [1.54, 1.807) is 0 Å². The maximum Gasteiger partial charge on any atom is 0.323 e. The van der Waals surface area contributed by atoms with Crippen LogP contribution in [0.15, 0.2) is 0 Å². The molecule has 2 rings (SSSR count). The molecule has 1 aliphatic rings. The summed E-state index contributed by atoms with van der Waals surface area (Å²) in [4.78, 5) is 12.3. The molecule has 0 aliphatic carbocycles. The molecule has 1 aromatic rings. The lowest BCUT2D eigenvalue weighted by atomic mass is 10.2. The van der Waals surface area contributed by atoms with E-state index in [0.717, 1.165) is 19.3 Å². The van der Waals surface area contributed by atoms with Crippen molar-refractivity contribution in [2.75, 3.05) is 29.2 Å². The Kier molecular flexibility index (Phi) is 4.86. The topological polar surface area (TPSA) is 86.0 Å². The van der Waals surface area contributed by atoms with Crippen molar-refractivity contribution in [3.05, 3.63) is 0 Å². The third kappa shape index (κ3) is 3.90. The summed E-state index contributed by atoms with van der Waals surface area (Å²) in [7, 11) is 0. The van der Waals surface area contributed by atoms with E-state index in [1.165, 1.54) is 11.5 Å². The zero-order valence-corrected chi connectivity index (χ0v) is 11.4. The average Bonchev–Trinajstić information content (AvgIpc) is 2.37. The van der Waals surface area contributed by atoms with Crippen LogP contribution in [0.25, 0.3) is 0 Å². The summed E-state index contributed by atoms with van der Waals surface area (Å²) in [6, 6.07) is 0.726. The maximum atomic E-state index is 5.65. The number of anilines is 2. The second-order valence-electron chi connectivity index (χ2n) is 4.18. The predicted molar refractivity (Wildman–Crippen MR) is 74.0 cm³/mol. The van der Waals surface area contributed by atoms with Crippen LogP contribution in [0.2, 0.25) is 0 Å². The first kappa shape index (κ1) is 13.2. The predicted octanol–water partition coefficient (Wildman–Crippen LogP) is 1.55. The highest BCUT2D eigenvalue weighted by molar-refractivity contribution is 7.99. The van der Waals surface area contributed by atoms with E-state index in [2.05, 4.69) is 20.3 Å². The van der Waals surface area contributed by atoms with E-state index in [0.29, 0.717) is 24.6 Å². The van der Waals surface area contributed by atoms with Gasteiger partial charge in [-0.3, -0.25) is 0 Å². The summed E-state index contributed by atoms with van der Waals surface area (Å²) < 4.78 is 5.38. The molecule has 0 spiro atoms. The number of thioether (sulfide) groups is 1. The number of nitrogens with two attached hydrogens (primary N) is 1. The summed E-state index contributed by atoms with van der Waals surface area (Å²) in [6.07, 6.45) is 3.16. The molecule has 1 fully saturated rings. The molecular weight excluding hydrogens is 250 g/mol. The van der Waals surface area contributed by atoms with Gasteiger partial charge in [0.25, 0.3) is 0 Å². The largest absolute Gasteiger partial charge is 0.463 e. The SMILES string of the molecule is CCCOc1nc(N)nc(NC2CCSCC2)n1. The number of ether oxygens (including phenoxy) is 1. The number of rotatable bonds is 5. The smallest absolute Gasteiger partial charge is 0.323 e. The number of hydrogen-bond donors (Lipinski definition) is 2. The molecule has 0 unspecified atom stereocenters. The minimum absolute atomic E-state index is 0.198. The molecule has 18 heavy (non-hydrogen) atoms. The molecule has 1 saturated heterocycles. The van der Waals surface area contributed by atoms with Gasteiger partial charge in [-0.25, -0.2) is 0 Å². The Labute approximate surface area is 111 Å². The van der Waals surface area contributed by atoms with Crippen LogP contribution in [-0.4, -0.2) is 39.1 Å². The number of hydrogen-bond acceptors (Lipinski definition) is 7. The maximum absolute atomic E-state index is 5.65. The summed E-state index contributed by atoms with van der Waals surface area (Å²) in [5, 5.41) is 3.30. The highest BCUT2D eigenvalue weighted by atomic mass is 32.2. The van der Waals surface area contributed by atoms with Crippen molar-refractivity contribution < 1.29 is 4.74 Å². The van der Waals surface area contributed by atoms with Crippen LogP contribution >= 0.6 is 11.8 Å². The molecule has 2 heterocycles. The van der Waals surface area contributed by atoms with E-state index in [1.807, 2.05) is 18.7 Å². The normalized spacial score (nSPS) is 16.5. The van der Waals surface area contributed by atoms with Gasteiger partial charge in [-0.1, -0.05) is 6.92 Å². The standard InChI is InChI=1S/C11H19N5OS/c1-2-5-17-11-15-9(12)14-10(16-11)13-8-3-6-18-7-4-8/h8H,2-7H2,1H3,(H3,12,13,14,15,16). The van der Waals surface area contributed by atoms with Crippen LogP contribution in [0.5, 0.6) is 6.01 Å². The molecule has 1 aliphatic heterocycles. The molecule has 3 N–H and O–H groups in total. The Bertz CT molecular complexity index is 384. The molecule has 0 atom stereocenters.